The van der Waals surface area contributed by atoms with Gasteiger partial charge in [-0.1, -0.05) is 121 Å². The minimum Gasteiger partial charge on any atom is -0.308 e. The summed E-state index contributed by atoms with van der Waals surface area (Å²) in [5.74, 6) is -1.41. The summed E-state index contributed by atoms with van der Waals surface area (Å²) in [6, 6.07) is 67.0. The molecular formula is C59H35F2N5. The van der Waals surface area contributed by atoms with Crippen LogP contribution in [0.2, 0.25) is 0 Å². The Hall–Kier alpha value is -8.99. The van der Waals surface area contributed by atoms with Gasteiger partial charge in [0.2, 0.25) is 0 Å². The Bertz CT molecular complexity index is 3640. The minimum atomic E-state index is -0.705. The van der Waals surface area contributed by atoms with E-state index in [0.717, 1.165) is 94.4 Å². The molecule has 8 aromatic carbocycles. The van der Waals surface area contributed by atoms with Gasteiger partial charge in [-0.05, 0) is 89.5 Å². The highest BCUT2D eigenvalue weighted by Gasteiger charge is 2.24. The molecule has 7 heteroatoms. The first-order valence-electron chi connectivity index (χ1n) is 21.6. The van der Waals surface area contributed by atoms with Gasteiger partial charge in [0, 0.05) is 67.8 Å². The lowest BCUT2D eigenvalue weighted by Gasteiger charge is -2.21. The molecule has 0 saturated carbocycles. The molecule has 310 valence electrons. The smallest absolute Gasteiger partial charge is 0.126 e. The SMILES string of the molecule is N#Cc1cc(-n2c3ccccc3c3cc(-c4ccc(-c5ccccc5)nc4)ccc32)c(-c2cc(F)cc(F)c2)c(-n2c3ccccc3c3cc(-c4ccc(-c5ccccc5)nc4)ccc32)c1. The molecule has 0 spiro atoms. The normalized spacial score (nSPS) is 11.5. The number of fused-ring (bicyclic) bond motifs is 6. The van der Waals surface area contributed by atoms with Crippen molar-refractivity contribution < 1.29 is 8.78 Å². The van der Waals surface area contributed by atoms with Crippen LogP contribution in [0, 0.1) is 23.0 Å². The molecular weight excluding hydrogens is 817 g/mol. The zero-order chi connectivity index (χ0) is 44.3. The first kappa shape index (κ1) is 38.7. The van der Waals surface area contributed by atoms with E-state index in [-0.39, 0.29) is 0 Å². The summed E-state index contributed by atoms with van der Waals surface area (Å²) in [6.45, 7) is 0. The van der Waals surface area contributed by atoms with Gasteiger partial charge in [-0.2, -0.15) is 5.26 Å². The van der Waals surface area contributed by atoms with Crippen molar-refractivity contribution in [3.63, 3.8) is 0 Å². The second-order valence-corrected chi connectivity index (χ2v) is 16.4. The fourth-order valence-corrected chi connectivity index (χ4v) is 9.54. The Morgan fingerprint density at radius 2 is 0.788 bits per heavy atom. The zero-order valence-corrected chi connectivity index (χ0v) is 35.2. The van der Waals surface area contributed by atoms with Crippen LogP contribution in [0.4, 0.5) is 8.78 Å². The number of nitriles is 1. The highest BCUT2D eigenvalue weighted by molar-refractivity contribution is 6.13. The molecule has 0 amide bonds. The molecule has 0 aliphatic heterocycles. The molecule has 12 rings (SSSR count). The number of hydrogen-bond acceptors (Lipinski definition) is 3. The Labute approximate surface area is 378 Å². The van der Waals surface area contributed by atoms with Crippen molar-refractivity contribution in [3.05, 3.63) is 230 Å². The molecule has 0 unspecified atom stereocenters. The third kappa shape index (κ3) is 6.51. The maximum absolute atomic E-state index is 15.6. The van der Waals surface area contributed by atoms with Crippen molar-refractivity contribution >= 4 is 43.6 Å². The van der Waals surface area contributed by atoms with Crippen LogP contribution in [0.25, 0.3) is 111 Å². The van der Waals surface area contributed by atoms with Crippen molar-refractivity contribution in [1.82, 2.24) is 19.1 Å². The largest absolute Gasteiger partial charge is 0.308 e. The standard InChI is InChI=1S/C59H35F2N5/c60-45-29-44(30-46(61)33-45)59-57(65-53-17-9-7-15-47(53)49-31-40(21-25-55(49)65)42-19-23-51(63-35-42)38-11-3-1-4-12-38)27-37(34-62)28-58(59)66-54-18-10-8-16-48(54)50-32-41(22-26-56(50)66)43-20-24-52(64-36-43)39-13-5-2-6-14-39/h1-33,35-36H. The molecule has 0 N–H and O–H groups in total. The van der Waals surface area contributed by atoms with Gasteiger partial charge in [-0.15, -0.1) is 0 Å². The number of pyridine rings is 2. The zero-order valence-electron chi connectivity index (χ0n) is 35.2. The molecule has 0 fully saturated rings. The Kier molecular flexibility index (Phi) is 9.18. The fourth-order valence-electron chi connectivity index (χ4n) is 9.54. The average molecular weight is 852 g/mol. The van der Waals surface area contributed by atoms with Crippen LogP contribution < -0.4 is 0 Å². The van der Waals surface area contributed by atoms with Crippen LogP contribution in [-0.2, 0) is 0 Å². The van der Waals surface area contributed by atoms with E-state index in [1.165, 1.54) is 12.1 Å². The van der Waals surface area contributed by atoms with E-state index in [9.17, 15) is 5.26 Å². The van der Waals surface area contributed by atoms with Gasteiger partial charge in [-0.3, -0.25) is 9.97 Å². The first-order valence-corrected chi connectivity index (χ1v) is 21.6. The topological polar surface area (TPSA) is 59.4 Å². The lowest BCUT2D eigenvalue weighted by atomic mass is 9.97. The third-order valence-electron chi connectivity index (χ3n) is 12.5. The highest BCUT2D eigenvalue weighted by atomic mass is 19.1. The minimum absolute atomic E-state index is 0.334. The number of rotatable bonds is 7. The van der Waals surface area contributed by atoms with E-state index in [2.05, 4.69) is 75.9 Å². The molecule has 12 aromatic rings. The summed E-state index contributed by atoms with van der Waals surface area (Å²) in [6.07, 6.45) is 3.80. The number of aromatic nitrogens is 4. The average Bonchev–Trinajstić information content (AvgIpc) is 3.88. The number of para-hydroxylation sites is 2. The number of hydrogen-bond donors (Lipinski definition) is 0. The van der Waals surface area contributed by atoms with Crippen LogP contribution in [0.1, 0.15) is 5.56 Å². The van der Waals surface area contributed by atoms with Crippen LogP contribution in [0.15, 0.2) is 213 Å². The molecule has 0 radical (unpaired) electrons. The van der Waals surface area contributed by atoms with Crippen LogP contribution in [0.3, 0.4) is 0 Å². The highest BCUT2D eigenvalue weighted by Crippen LogP contribution is 2.44. The van der Waals surface area contributed by atoms with E-state index in [1.54, 1.807) is 0 Å². The van der Waals surface area contributed by atoms with Gasteiger partial charge in [0.1, 0.15) is 11.6 Å². The Morgan fingerprint density at radius 1 is 0.364 bits per heavy atom. The van der Waals surface area contributed by atoms with E-state index in [0.29, 0.717) is 28.1 Å². The lowest BCUT2D eigenvalue weighted by molar-refractivity contribution is 0.584. The van der Waals surface area contributed by atoms with Gasteiger partial charge in [0.15, 0.2) is 0 Å². The van der Waals surface area contributed by atoms with E-state index >= 15 is 8.78 Å². The summed E-state index contributed by atoms with van der Waals surface area (Å²) < 4.78 is 35.3. The quantitative estimate of drug-likeness (QED) is 0.160. The second-order valence-electron chi connectivity index (χ2n) is 16.4. The molecule has 4 heterocycles. The molecule has 5 nitrogen and oxygen atoms in total. The summed E-state index contributed by atoms with van der Waals surface area (Å²) in [5.41, 5.74) is 13.8. The molecule has 0 atom stereocenters. The summed E-state index contributed by atoms with van der Waals surface area (Å²) in [4.78, 5) is 9.62. The van der Waals surface area contributed by atoms with Crippen molar-refractivity contribution in [2.75, 3.05) is 0 Å². The summed E-state index contributed by atoms with van der Waals surface area (Å²) >= 11 is 0. The van der Waals surface area contributed by atoms with Gasteiger partial charge < -0.3 is 9.13 Å². The van der Waals surface area contributed by atoms with Crippen LogP contribution in [-0.4, -0.2) is 19.1 Å². The molecule has 4 aromatic heterocycles. The van der Waals surface area contributed by atoms with Crippen molar-refractivity contribution in [2.24, 2.45) is 0 Å². The first-order chi connectivity index (χ1) is 32.5. The lowest BCUT2D eigenvalue weighted by Crippen LogP contribution is -2.05. The molecule has 0 saturated heterocycles. The van der Waals surface area contributed by atoms with Crippen molar-refractivity contribution in [1.29, 1.82) is 5.26 Å². The maximum atomic E-state index is 15.6. The summed E-state index contributed by atoms with van der Waals surface area (Å²) in [5, 5.41) is 14.7. The van der Waals surface area contributed by atoms with E-state index in [4.69, 9.17) is 9.97 Å². The number of halogens is 2. The van der Waals surface area contributed by atoms with Crippen LogP contribution in [0.5, 0.6) is 0 Å². The van der Waals surface area contributed by atoms with Gasteiger partial charge in [0.25, 0.3) is 0 Å². The van der Waals surface area contributed by atoms with E-state index in [1.807, 2.05) is 134 Å². The van der Waals surface area contributed by atoms with E-state index < -0.39 is 11.6 Å². The monoisotopic (exact) mass is 851 g/mol. The third-order valence-corrected chi connectivity index (χ3v) is 12.5. The van der Waals surface area contributed by atoms with Gasteiger partial charge in [0.05, 0.1) is 56.5 Å². The fraction of sp³-hybridized carbons (Fsp3) is 0. The van der Waals surface area contributed by atoms with Crippen molar-refractivity contribution in [2.45, 2.75) is 0 Å². The predicted molar refractivity (Wildman–Crippen MR) is 263 cm³/mol. The predicted octanol–water partition coefficient (Wildman–Crippen LogP) is 15.2. The van der Waals surface area contributed by atoms with Gasteiger partial charge >= 0.3 is 0 Å². The van der Waals surface area contributed by atoms with Gasteiger partial charge in [-0.25, -0.2) is 8.78 Å². The van der Waals surface area contributed by atoms with Crippen molar-refractivity contribution in [3.8, 4) is 73.3 Å². The Morgan fingerprint density at radius 3 is 1.23 bits per heavy atom. The molecule has 0 aliphatic carbocycles. The molecule has 66 heavy (non-hydrogen) atoms. The second kappa shape index (κ2) is 15.7. The summed E-state index contributed by atoms with van der Waals surface area (Å²) in [7, 11) is 0. The number of benzene rings is 8. The molecule has 0 aliphatic rings. The number of nitrogens with zero attached hydrogens (tertiary/aromatic N) is 5. The maximum Gasteiger partial charge on any atom is 0.126 e. The molecule has 0 bridgehead atoms. The van der Waals surface area contributed by atoms with Crippen LogP contribution >= 0.6 is 0 Å². The Balaban J connectivity index is 1.08.